The summed E-state index contributed by atoms with van der Waals surface area (Å²) < 4.78 is 6.54. The second-order valence-electron chi connectivity index (χ2n) is 5.12. The Kier molecular flexibility index (Phi) is 6.87. The molecule has 1 heterocycles. The number of hydrogen-bond donors (Lipinski definition) is 1. The molecule has 0 aliphatic carbocycles. The minimum absolute atomic E-state index is 0.115. The quantitative estimate of drug-likeness (QED) is 0.451. The van der Waals surface area contributed by atoms with Crippen molar-refractivity contribution >= 4 is 23.6 Å². The van der Waals surface area contributed by atoms with Gasteiger partial charge in [-0.25, -0.2) is 4.98 Å². The molecule has 6 nitrogen and oxygen atoms in total. The van der Waals surface area contributed by atoms with E-state index < -0.39 is 0 Å². The molecule has 2 rings (SSSR count). The number of imidazole rings is 1. The zero-order valence-electron chi connectivity index (χ0n) is 13.8. The number of thioether (sulfide) groups is 1. The highest BCUT2D eigenvalue weighted by atomic mass is 32.2. The largest absolute Gasteiger partial charge is 0.469 e. The van der Waals surface area contributed by atoms with E-state index in [1.54, 1.807) is 30.1 Å². The number of aromatic nitrogens is 2. The summed E-state index contributed by atoms with van der Waals surface area (Å²) in [5.74, 6) is -0.337. The first-order valence-electron chi connectivity index (χ1n) is 7.68. The molecule has 0 saturated heterocycles. The molecule has 0 unspecified atom stereocenters. The van der Waals surface area contributed by atoms with Crippen LogP contribution in [0.2, 0.25) is 0 Å². The van der Waals surface area contributed by atoms with Crippen molar-refractivity contribution in [2.75, 3.05) is 19.9 Å². The van der Waals surface area contributed by atoms with E-state index in [9.17, 15) is 9.59 Å². The van der Waals surface area contributed by atoms with Gasteiger partial charge in [-0.1, -0.05) is 11.8 Å². The lowest BCUT2D eigenvalue weighted by Gasteiger charge is -2.08. The summed E-state index contributed by atoms with van der Waals surface area (Å²) in [6.07, 6.45) is 7.43. The van der Waals surface area contributed by atoms with Crippen LogP contribution in [-0.2, 0) is 9.53 Å². The maximum absolute atomic E-state index is 12.1. The van der Waals surface area contributed by atoms with Crippen LogP contribution in [0.1, 0.15) is 29.6 Å². The first-order chi connectivity index (χ1) is 11.7. The van der Waals surface area contributed by atoms with Crippen molar-refractivity contribution < 1.29 is 14.3 Å². The highest BCUT2D eigenvalue weighted by molar-refractivity contribution is 7.98. The molecule has 24 heavy (non-hydrogen) atoms. The molecule has 128 valence electrons. The Bertz CT molecular complexity index is 683. The van der Waals surface area contributed by atoms with Crippen LogP contribution in [0, 0.1) is 0 Å². The molecule has 0 aliphatic heterocycles. The van der Waals surface area contributed by atoms with Crippen molar-refractivity contribution in [3.05, 3.63) is 42.2 Å². The summed E-state index contributed by atoms with van der Waals surface area (Å²) in [5, 5.41) is 3.75. The van der Waals surface area contributed by atoms with E-state index >= 15 is 0 Å². The van der Waals surface area contributed by atoms with Gasteiger partial charge in [0.1, 0.15) is 0 Å². The van der Waals surface area contributed by atoms with Gasteiger partial charge >= 0.3 is 5.97 Å². The molecule has 0 aliphatic rings. The third kappa shape index (κ3) is 4.86. The van der Waals surface area contributed by atoms with Crippen molar-refractivity contribution in [2.45, 2.75) is 24.4 Å². The Morgan fingerprint density at radius 1 is 1.25 bits per heavy atom. The van der Waals surface area contributed by atoms with E-state index in [2.05, 4.69) is 15.0 Å². The molecule has 0 bridgehead atoms. The van der Waals surface area contributed by atoms with Gasteiger partial charge in [-0.15, -0.1) is 0 Å². The lowest BCUT2D eigenvalue weighted by molar-refractivity contribution is -0.140. The summed E-state index contributed by atoms with van der Waals surface area (Å²) in [6.45, 7) is 0.537. The van der Waals surface area contributed by atoms with E-state index in [0.717, 1.165) is 17.3 Å². The van der Waals surface area contributed by atoms with Crippen LogP contribution in [0.5, 0.6) is 0 Å². The molecule has 0 spiro atoms. The first-order valence-corrected chi connectivity index (χ1v) is 8.91. The molecule has 7 heteroatoms. The normalized spacial score (nSPS) is 10.4. The van der Waals surface area contributed by atoms with Crippen LogP contribution in [-0.4, -0.2) is 41.3 Å². The third-order valence-corrected chi connectivity index (χ3v) is 4.19. The van der Waals surface area contributed by atoms with E-state index in [4.69, 9.17) is 0 Å². The minimum Gasteiger partial charge on any atom is -0.469 e. The van der Waals surface area contributed by atoms with Gasteiger partial charge in [0.2, 0.25) is 0 Å². The molecule has 0 radical (unpaired) electrons. The summed E-state index contributed by atoms with van der Waals surface area (Å²) in [5.41, 5.74) is 1.57. The van der Waals surface area contributed by atoms with Gasteiger partial charge in [0, 0.05) is 36.6 Å². The molecule has 1 amide bonds. The average Bonchev–Trinajstić information content (AvgIpc) is 3.09. The van der Waals surface area contributed by atoms with Gasteiger partial charge in [-0.2, -0.15) is 0 Å². The highest BCUT2D eigenvalue weighted by Gasteiger charge is 2.07. The molecule has 0 saturated carbocycles. The van der Waals surface area contributed by atoms with Crippen molar-refractivity contribution in [2.24, 2.45) is 0 Å². The number of carbonyl (C=O) groups is 2. The molecule has 1 aromatic heterocycles. The fraction of sp³-hybridized carbons (Fsp3) is 0.353. The number of esters is 1. The number of carbonyl (C=O) groups excluding carboxylic acids is 2. The first kappa shape index (κ1) is 18.1. The SMILES string of the molecule is COC(=O)CCCCNC(=O)c1ccc(-n2ccnc2SC)cc1. The zero-order chi connectivity index (χ0) is 17.4. The molecule has 2 aromatic rings. The van der Waals surface area contributed by atoms with E-state index in [0.29, 0.717) is 24.9 Å². The Balaban J connectivity index is 1.84. The number of methoxy groups -OCH3 is 1. The Labute approximate surface area is 145 Å². The Morgan fingerprint density at radius 2 is 2.00 bits per heavy atom. The van der Waals surface area contributed by atoms with Gasteiger partial charge in [-0.3, -0.25) is 14.2 Å². The summed E-state index contributed by atoms with van der Waals surface area (Å²) >= 11 is 1.57. The third-order valence-electron chi connectivity index (χ3n) is 3.52. The maximum Gasteiger partial charge on any atom is 0.305 e. The number of benzene rings is 1. The monoisotopic (exact) mass is 347 g/mol. The molecule has 0 atom stereocenters. The summed E-state index contributed by atoms with van der Waals surface area (Å²) in [7, 11) is 1.37. The Morgan fingerprint density at radius 3 is 2.67 bits per heavy atom. The fourth-order valence-corrected chi connectivity index (χ4v) is 2.74. The van der Waals surface area contributed by atoms with Gasteiger partial charge in [0.15, 0.2) is 5.16 Å². The second kappa shape index (κ2) is 9.12. The molecule has 1 N–H and O–H groups in total. The predicted molar refractivity (Wildman–Crippen MR) is 93.5 cm³/mol. The topological polar surface area (TPSA) is 73.2 Å². The van der Waals surface area contributed by atoms with E-state index in [1.165, 1.54) is 7.11 Å². The lowest BCUT2D eigenvalue weighted by atomic mass is 10.2. The van der Waals surface area contributed by atoms with Gasteiger partial charge in [0.25, 0.3) is 5.91 Å². The number of nitrogens with zero attached hydrogens (tertiary/aromatic N) is 2. The molecular formula is C17H21N3O3S. The fourth-order valence-electron chi connectivity index (χ4n) is 2.21. The predicted octanol–water partition coefficient (Wildman–Crippen LogP) is 2.67. The number of ether oxygens (including phenoxy) is 1. The number of unbranched alkanes of at least 4 members (excludes halogenated alkanes) is 1. The minimum atomic E-state index is -0.221. The lowest BCUT2D eigenvalue weighted by Crippen LogP contribution is -2.24. The molecular weight excluding hydrogens is 326 g/mol. The van der Waals surface area contributed by atoms with Crippen LogP contribution in [0.4, 0.5) is 0 Å². The van der Waals surface area contributed by atoms with Crippen LogP contribution in [0.3, 0.4) is 0 Å². The van der Waals surface area contributed by atoms with Crippen LogP contribution < -0.4 is 5.32 Å². The van der Waals surface area contributed by atoms with Crippen LogP contribution in [0.25, 0.3) is 5.69 Å². The number of hydrogen-bond acceptors (Lipinski definition) is 5. The summed E-state index contributed by atoms with van der Waals surface area (Å²) in [6, 6.07) is 7.38. The van der Waals surface area contributed by atoms with Crippen LogP contribution >= 0.6 is 11.8 Å². The van der Waals surface area contributed by atoms with Gasteiger partial charge < -0.3 is 10.1 Å². The second-order valence-corrected chi connectivity index (χ2v) is 5.89. The maximum atomic E-state index is 12.1. The molecule has 1 aromatic carbocycles. The standard InChI is InChI=1S/C17H21N3O3S/c1-23-15(21)5-3-4-10-18-16(22)13-6-8-14(9-7-13)20-12-11-19-17(20)24-2/h6-9,11-12H,3-5,10H2,1-2H3,(H,18,22). The Hall–Kier alpha value is -2.28. The van der Waals surface area contributed by atoms with Crippen molar-refractivity contribution in [3.63, 3.8) is 0 Å². The smallest absolute Gasteiger partial charge is 0.305 e. The number of nitrogens with one attached hydrogen (secondary N) is 1. The van der Waals surface area contributed by atoms with Gasteiger partial charge in [0.05, 0.1) is 7.11 Å². The van der Waals surface area contributed by atoms with Gasteiger partial charge in [-0.05, 0) is 43.4 Å². The highest BCUT2D eigenvalue weighted by Crippen LogP contribution is 2.18. The van der Waals surface area contributed by atoms with Crippen LogP contribution in [0.15, 0.2) is 41.8 Å². The summed E-state index contributed by atoms with van der Waals surface area (Å²) in [4.78, 5) is 27.3. The number of amides is 1. The van der Waals surface area contributed by atoms with Crippen molar-refractivity contribution in [1.29, 1.82) is 0 Å². The van der Waals surface area contributed by atoms with E-state index in [-0.39, 0.29) is 11.9 Å². The number of rotatable bonds is 8. The van der Waals surface area contributed by atoms with Crippen molar-refractivity contribution in [3.8, 4) is 5.69 Å². The zero-order valence-corrected chi connectivity index (χ0v) is 14.6. The molecule has 0 fully saturated rings. The average molecular weight is 347 g/mol. The van der Waals surface area contributed by atoms with E-state index in [1.807, 2.05) is 29.2 Å². The van der Waals surface area contributed by atoms with Crippen molar-refractivity contribution in [1.82, 2.24) is 14.9 Å².